The minimum atomic E-state index is -0.834. The van der Waals surface area contributed by atoms with Gasteiger partial charge in [0.2, 0.25) is 0 Å². The molecule has 1 aromatic rings. The van der Waals surface area contributed by atoms with E-state index in [1.807, 2.05) is 18.7 Å². The third kappa shape index (κ3) is 5.56. The second-order valence-corrected chi connectivity index (χ2v) is 5.66. The quantitative estimate of drug-likeness (QED) is 0.431. The van der Waals surface area contributed by atoms with Crippen LogP contribution in [0.1, 0.15) is 31.7 Å². The topological polar surface area (TPSA) is 47.9 Å². The number of nitrogens with zero attached hydrogens (tertiary/aromatic N) is 2. The molecule has 0 radical (unpaired) electrons. The standard InChI is InChI=1S/C16H23F2N3O.HI/c1-3-19-16(21-7-6-13(22)10-21)20-9-11(2)12-4-5-14(17)15(18)8-12;/h4-5,8,11,13,22H,3,6-7,9-10H2,1-2H3,(H,19,20);1H/t11?,13-;/m1./s1. The van der Waals surface area contributed by atoms with Gasteiger partial charge in [-0.15, -0.1) is 24.0 Å². The number of rotatable bonds is 4. The van der Waals surface area contributed by atoms with Crippen molar-refractivity contribution in [2.24, 2.45) is 4.99 Å². The van der Waals surface area contributed by atoms with Gasteiger partial charge >= 0.3 is 0 Å². The van der Waals surface area contributed by atoms with Crippen molar-refractivity contribution in [3.05, 3.63) is 35.4 Å². The average molecular weight is 439 g/mol. The highest BCUT2D eigenvalue weighted by atomic mass is 127. The molecule has 0 bridgehead atoms. The summed E-state index contributed by atoms with van der Waals surface area (Å²) >= 11 is 0. The molecule has 130 valence electrons. The lowest BCUT2D eigenvalue weighted by Gasteiger charge is -2.21. The summed E-state index contributed by atoms with van der Waals surface area (Å²) in [5, 5.41) is 12.8. The summed E-state index contributed by atoms with van der Waals surface area (Å²) < 4.78 is 26.3. The summed E-state index contributed by atoms with van der Waals surface area (Å²) in [6.45, 7) is 6.47. The highest BCUT2D eigenvalue weighted by molar-refractivity contribution is 14.0. The summed E-state index contributed by atoms with van der Waals surface area (Å²) in [5.41, 5.74) is 0.722. The third-order valence-corrected chi connectivity index (χ3v) is 3.83. The Morgan fingerprint density at radius 2 is 2.17 bits per heavy atom. The van der Waals surface area contributed by atoms with Crippen LogP contribution in [0, 0.1) is 11.6 Å². The Kier molecular flexibility index (Phi) is 8.18. The first kappa shape index (κ1) is 20.1. The van der Waals surface area contributed by atoms with Crippen LogP contribution in [0.15, 0.2) is 23.2 Å². The molecule has 1 heterocycles. The SMILES string of the molecule is CCNC(=NCC(C)c1ccc(F)c(F)c1)N1CC[C@@H](O)C1.I. The van der Waals surface area contributed by atoms with E-state index in [2.05, 4.69) is 10.3 Å². The van der Waals surface area contributed by atoms with Gasteiger partial charge < -0.3 is 15.3 Å². The summed E-state index contributed by atoms with van der Waals surface area (Å²) in [6, 6.07) is 3.96. The zero-order valence-electron chi connectivity index (χ0n) is 13.4. The van der Waals surface area contributed by atoms with Crippen LogP contribution < -0.4 is 5.32 Å². The first-order chi connectivity index (χ1) is 10.5. The number of hydrogen-bond donors (Lipinski definition) is 2. The molecule has 2 N–H and O–H groups in total. The highest BCUT2D eigenvalue weighted by Gasteiger charge is 2.23. The maximum absolute atomic E-state index is 13.3. The monoisotopic (exact) mass is 439 g/mol. The van der Waals surface area contributed by atoms with Gasteiger partial charge in [-0.1, -0.05) is 13.0 Å². The molecule has 1 aliphatic heterocycles. The number of aliphatic hydroxyl groups is 1. The average Bonchev–Trinajstić information content (AvgIpc) is 2.92. The first-order valence-corrected chi connectivity index (χ1v) is 7.67. The van der Waals surface area contributed by atoms with Gasteiger partial charge in [0, 0.05) is 32.1 Å². The van der Waals surface area contributed by atoms with Crippen LogP contribution in [0.5, 0.6) is 0 Å². The van der Waals surface area contributed by atoms with Crippen molar-refractivity contribution in [2.45, 2.75) is 32.3 Å². The van der Waals surface area contributed by atoms with Crippen molar-refractivity contribution in [3.63, 3.8) is 0 Å². The molecule has 1 aromatic carbocycles. The van der Waals surface area contributed by atoms with E-state index in [4.69, 9.17) is 0 Å². The first-order valence-electron chi connectivity index (χ1n) is 7.67. The minimum Gasteiger partial charge on any atom is -0.391 e. The predicted molar refractivity (Wildman–Crippen MR) is 98.4 cm³/mol. The Bertz CT molecular complexity index is 542. The molecule has 0 amide bonds. The van der Waals surface area contributed by atoms with Crippen LogP contribution in [0.2, 0.25) is 0 Å². The lowest BCUT2D eigenvalue weighted by atomic mass is 10.0. The summed E-state index contributed by atoms with van der Waals surface area (Å²) in [6.07, 6.45) is 0.427. The number of halogens is 3. The van der Waals surface area contributed by atoms with E-state index in [1.54, 1.807) is 6.07 Å². The fourth-order valence-electron chi connectivity index (χ4n) is 2.51. The number of guanidine groups is 1. The van der Waals surface area contributed by atoms with Gasteiger partial charge in [0.05, 0.1) is 6.10 Å². The number of benzene rings is 1. The number of aliphatic hydroxyl groups excluding tert-OH is 1. The van der Waals surface area contributed by atoms with E-state index in [9.17, 15) is 13.9 Å². The fourth-order valence-corrected chi connectivity index (χ4v) is 2.51. The Morgan fingerprint density at radius 3 is 2.74 bits per heavy atom. The Labute approximate surface area is 153 Å². The molecular formula is C16H24F2IN3O. The molecule has 7 heteroatoms. The molecule has 2 atom stereocenters. The fraction of sp³-hybridized carbons (Fsp3) is 0.562. The largest absolute Gasteiger partial charge is 0.391 e. The van der Waals surface area contributed by atoms with Crippen molar-refractivity contribution in [1.29, 1.82) is 0 Å². The van der Waals surface area contributed by atoms with Crippen LogP contribution >= 0.6 is 24.0 Å². The Hall–Kier alpha value is -0.960. The smallest absolute Gasteiger partial charge is 0.194 e. The number of nitrogens with one attached hydrogen (secondary N) is 1. The third-order valence-electron chi connectivity index (χ3n) is 3.83. The van der Waals surface area contributed by atoms with E-state index in [-0.39, 0.29) is 36.0 Å². The number of likely N-dealkylation sites (tertiary alicyclic amines) is 1. The second-order valence-electron chi connectivity index (χ2n) is 5.66. The molecule has 1 aliphatic rings. The summed E-state index contributed by atoms with van der Waals surface area (Å²) in [5.74, 6) is -0.925. The molecule has 23 heavy (non-hydrogen) atoms. The van der Waals surface area contributed by atoms with E-state index in [1.165, 1.54) is 6.07 Å². The molecule has 2 rings (SSSR count). The van der Waals surface area contributed by atoms with Crippen LogP contribution in [-0.4, -0.2) is 48.2 Å². The van der Waals surface area contributed by atoms with Gasteiger partial charge in [-0.25, -0.2) is 8.78 Å². The van der Waals surface area contributed by atoms with Crippen molar-refractivity contribution in [1.82, 2.24) is 10.2 Å². The summed E-state index contributed by atoms with van der Waals surface area (Å²) in [4.78, 5) is 6.58. The van der Waals surface area contributed by atoms with Crippen LogP contribution in [0.4, 0.5) is 8.78 Å². The van der Waals surface area contributed by atoms with E-state index < -0.39 is 11.6 Å². The van der Waals surface area contributed by atoms with Crippen molar-refractivity contribution < 1.29 is 13.9 Å². The van der Waals surface area contributed by atoms with Crippen LogP contribution in [0.25, 0.3) is 0 Å². The zero-order chi connectivity index (χ0) is 16.1. The van der Waals surface area contributed by atoms with Crippen molar-refractivity contribution in [2.75, 3.05) is 26.2 Å². The predicted octanol–water partition coefficient (Wildman–Crippen LogP) is 2.72. The molecule has 0 saturated carbocycles. The molecule has 1 saturated heterocycles. The second kappa shape index (κ2) is 9.36. The van der Waals surface area contributed by atoms with E-state index in [0.717, 1.165) is 37.1 Å². The van der Waals surface area contributed by atoms with Crippen molar-refractivity contribution in [3.8, 4) is 0 Å². The maximum Gasteiger partial charge on any atom is 0.194 e. The molecule has 0 spiro atoms. The number of hydrogen-bond acceptors (Lipinski definition) is 2. The molecule has 4 nitrogen and oxygen atoms in total. The molecule has 1 unspecified atom stereocenters. The van der Waals surface area contributed by atoms with Crippen LogP contribution in [0.3, 0.4) is 0 Å². The Balaban J connectivity index is 0.00000264. The van der Waals surface area contributed by atoms with Gasteiger partial charge in [-0.2, -0.15) is 0 Å². The van der Waals surface area contributed by atoms with Gasteiger partial charge in [-0.05, 0) is 31.0 Å². The summed E-state index contributed by atoms with van der Waals surface area (Å²) in [7, 11) is 0. The van der Waals surface area contributed by atoms with Gasteiger partial charge in [-0.3, -0.25) is 4.99 Å². The molecule has 0 aromatic heterocycles. The zero-order valence-corrected chi connectivity index (χ0v) is 15.8. The molecule has 1 fully saturated rings. The number of aliphatic imine (C=N–C) groups is 1. The van der Waals surface area contributed by atoms with E-state index >= 15 is 0 Å². The molecular weight excluding hydrogens is 415 g/mol. The lowest BCUT2D eigenvalue weighted by Crippen LogP contribution is -2.40. The van der Waals surface area contributed by atoms with E-state index in [0.29, 0.717) is 13.1 Å². The van der Waals surface area contributed by atoms with Crippen LogP contribution in [-0.2, 0) is 0 Å². The number of β-amino-alcohol motifs (C(OH)–C–C–N with tert-alkyl or cyclic N) is 1. The minimum absolute atomic E-state index is 0. The molecule has 0 aliphatic carbocycles. The normalized spacial score (nSPS) is 19.4. The highest BCUT2D eigenvalue weighted by Crippen LogP contribution is 2.19. The lowest BCUT2D eigenvalue weighted by molar-refractivity contribution is 0.188. The maximum atomic E-state index is 13.3. The van der Waals surface area contributed by atoms with Crippen molar-refractivity contribution >= 4 is 29.9 Å². The van der Waals surface area contributed by atoms with Gasteiger partial charge in [0.25, 0.3) is 0 Å². The van der Waals surface area contributed by atoms with Gasteiger partial charge in [0.1, 0.15) is 0 Å². The van der Waals surface area contributed by atoms with Gasteiger partial charge in [0.15, 0.2) is 17.6 Å². The Morgan fingerprint density at radius 1 is 1.43 bits per heavy atom.